The number of hydrogen-bond donors (Lipinski definition) is 1. The zero-order chi connectivity index (χ0) is 16.1. The van der Waals surface area contributed by atoms with Gasteiger partial charge in [0, 0.05) is 25.0 Å². The van der Waals surface area contributed by atoms with Gasteiger partial charge in [-0.25, -0.2) is 0 Å². The van der Waals surface area contributed by atoms with Crippen LogP contribution in [-0.4, -0.2) is 33.7 Å². The first-order valence-electron chi connectivity index (χ1n) is 8.39. The van der Waals surface area contributed by atoms with Crippen molar-refractivity contribution in [2.75, 3.05) is 18.4 Å². The van der Waals surface area contributed by atoms with Crippen molar-refractivity contribution in [1.82, 2.24) is 14.7 Å². The highest BCUT2D eigenvalue weighted by atomic mass is 16.1. The van der Waals surface area contributed by atoms with Crippen LogP contribution in [0.3, 0.4) is 0 Å². The number of amides is 1. The molecule has 2 heterocycles. The van der Waals surface area contributed by atoms with Crippen LogP contribution in [0.15, 0.2) is 36.7 Å². The summed E-state index contributed by atoms with van der Waals surface area (Å²) in [6.07, 6.45) is 7.33. The molecule has 3 rings (SSSR count). The summed E-state index contributed by atoms with van der Waals surface area (Å²) in [6.45, 7) is 6.14. The van der Waals surface area contributed by atoms with Crippen LogP contribution in [0.25, 0.3) is 0 Å². The number of carbonyl (C=O) groups excluding carboxylic acids is 1. The van der Waals surface area contributed by atoms with Gasteiger partial charge in [0.1, 0.15) is 0 Å². The Bertz CT molecular complexity index is 641. The lowest BCUT2D eigenvalue weighted by molar-refractivity contribution is 0.102. The lowest BCUT2D eigenvalue weighted by atomic mass is 10.1. The van der Waals surface area contributed by atoms with Crippen LogP contribution in [0.1, 0.15) is 42.1 Å². The number of nitrogens with zero attached hydrogens (tertiary/aromatic N) is 3. The van der Waals surface area contributed by atoms with Gasteiger partial charge in [-0.15, -0.1) is 0 Å². The Morgan fingerprint density at radius 2 is 1.91 bits per heavy atom. The van der Waals surface area contributed by atoms with E-state index in [9.17, 15) is 4.79 Å². The molecule has 1 N–H and O–H groups in total. The number of benzene rings is 1. The van der Waals surface area contributed by atoms with E-state index in [1.165, 1.54) is 37.9 Å². The number of likely N-dealkylation sites (tertiary alicyclic amines) is 1. The molecule has 2 aromatic rings. The summed E-state index contributed by atoms with van der Waals surface area (Å²) in [4.78, 5) is 14.7. The Labute approximate surface area is 137 Å². The van der Waals surface area contributed by atoms with E-state index in [1.807, 2.05) is 19.1 Å². The molecule has 1 saturated heterocycles. The molecule has 1 aromatic carbocycles. The molecule has 122 valence electrons. The summed E-state index contributed by atoms with van der Waals surface area (Å²) in [7, 11) is 0. The van der Waals surface area contributed by atoms with Crippen LogP contribution >= 0.6 is 0 Å². The standard InChI is InChI=1S/C18H24N4O/c1-2-22-14-16(12-19-22)18(23)20-17-8-6-15(7-9-17)13-21-10-4-3-5-11-21/h6-9,12,14H,2-5,10-11,13H2,1H3,(H,20,23). The Morgan fingerprint density at radius 3 is 2.57 bits per heavy atom. The zero-order valence-electron chi connectivity index (χ0n) is 13.7. The lowest BCUT2D eigenvalue weighted by Crippen LogP contribution is -2.29. The first-order valence-corrected chi connectivity index (χ1v) is 8.39. The number of rotatable bonds is 5. The fourth-order valence-electron chi connectivity index (χ4n) is 2.93. The Kier molecular flexibility index (Phi) is 5.08. The number of carbonyl (C=O) groups is 1. The van der Waals surface area contributed by atoms with Gasteiger partial charge in [-0.3, -0.25) is 14.4 Å². The molecule has 0 aliphatic carbocycles. The van der Waals surface area contributed by atoms with Crippen LogP contribution < -0.4 is 5.32 Å². The minimum atomic E-state index is -0.117. The van der Waals surface area contributed by atoms with Crippen LogP contribution in [0.5, 0.6) is 0 Å². The number of aromatic nitrogens is 2. The molecule has 0 bridgehead atoms. The van der Waals surface area contributed by atoms with Crippen molar-refractivity contribution in [3.05, 3.63) is 47.8 Å². The molecule has 23 heavy (non-hydrogen) atoms. The number of nitrogens with one attached hydrogen (secondary N) is 1. The molecule has 1 aliphatic rings. The monoisotopic (exact) mass is 312 g/mol. The van der Waals surface area contributed by atoms with E-state index in [-0.39, 0.29) is 5.91 Å². The SMILES string of the molecule is CCn1cc(C(=O)Nc2ccc(CN3CCCCC3)cc2)cn1. The lowest BCUT2D eigenvalue weighted by Gasteiger charge is -2.26. The summed E-state index contributed by atoms with van der Waals surface area (Å²) >= 11 is 0. The molecule has 0 saturated carbocycles. The second kappa shape index (κ2) is 7.42. The molecule has 1 fully saturated rings. The van der Waals surface area contributed by atoms with E-state index >= 15 is 0 Å². The predicted molar refractivity (Wildman–Crippen MR) is 91.4 cm³/mol. The number of anilines is 1. The summed E-state index contributed by atoms with van der Waals surface area (Å²) in [5, 5.41) is 7.05. The quantitative estimate of drug-likeness (QED) is 0.923. The number of piperidine rings is 1. The third kappa shape index (κ3) is 4.20. The van der Waals surface area contributed by atoms with Gasteiger partial charge in [0.25, 0.3) is 5.91 Å². The van der Waals surface area contributed by atoms with Crippen molar-refractivity contribution in [2.45, 2.75) is 39.3 Å². The highest BCUT2D eigenvalue weighted by Crippen LogP contribution is 2.16. The van der Waals surface area contributed by atoms with Gasteiger partial charge in [-0.05, 0) is 50.6 Å². The fourth-order valence-corrected chi connectivity index (χ4v) is 2.93. The molecule has 0 spiro atoms. The zero-order valence-corrected chi connectivity index (χ0v) is 13.7. The third-order valence-electron chi connectivity index (χ3n) is 4.29. The number of aryl methyl sites for hydroxylation is 1. The van der Waals surface area contributed by atoms with Gasteiger partial charge in [0.15, 0.2) is 0 Å². The average Bonchev–Trinajstić information content (AvgIpc) is 3.07. The molecule has 0 atom stereocenters. The van der Waals surface area contributed by atoms with E-state index < -0.39 is 0 Å². The van der Waals surface area contributed by atoms with E-state index in [0.29, 0.717) is 5.56 Å². The van der Waals surface area contributed by atoms with Crippen molar-refractivity contribution in [2.24, 2.45) is 0 Å². The maximum atomic E-state index is 12.2. The van der Waals surface area contributed by atoms with E-state index in [4.69, 9.17) is 0 Å². The van der Waals surface area contributed by atoms with Crippen LogP contribution in [0.2, 0.25) is 0 Å². The summed E-state index contributed by atoms with van der Waals surface area (Å²) in [6, 6.07) is 8.14. The molecule has 5 nitrogen and oxygen atoms in total. The average molecular weight is 312 g/mol. The first-order chi connectivity index (χ1) is 11.2. The van der Waals surface area contributed by atoms with E-state index in [0.717, 1.165) is 18.8 Å². The van der Waals surface area contributed by atoms with Gasteiger partial charge >= 0.3 is 0 Å². The minimum absolute atomic E-state index is 0.117. The molecule has 0 radical (unpaired) electrons. The van der Waals surface area contributed by atoms with Crippen molar-refractivity contribution in [3.8, 4) is 0 Å². The van der Waals surface area contributed by atoms with Gasteiger partial charge < -0.3 is 5.32 Å². The molecule has 5 heteroatoms. The molecule has 1 aromatic heterocycles. The smallest absolute Gasteiger partial charge is 0.258 e. The minimum Gasteiger partial charge on any atom is -0.322 e. The van der Waals surface area contributed by atoms with Crippen molar-refractivity contribution in [1.29, 1.82) is 0 Å². The Hall–Kier alpha value is -2.14. The Morgan fingerprint density at radius 1 is 1.17 bits per heavy atom. The number of hydrogen-bond acceptors (Lipinski definition) is 3. The normalized spacial score (nSPS) is 15.5. The maximum Gasteiger partial charge on any atom is 0.258 e. The summed E-state index contributed by atoms with van der Waals surface area (Å²) in [5.41, 5.74) is 2.70. The third-order valence-corrected chi connectivity index (χ3v) is 4.29. The van der Waals surface area contributed by atoms with Gasteiger partial charge in [-0.1, -0.05) is 18.6 Å². The first kappa shape index (κ1) is 15.7. The van der Waals surface area contributed by atoms with Crippen molar-refractivity contribution in [3.63, 3.8) is 0 Å². The van der Waals surface area contributed by atoms with Crippen LogP contribution in [0.4, 0.5) is 5.69 Å². The Balaban J connectivity index is 1.57. The maximum absolute atomic E-state index is 12.2. The summed E-state index contributed by atoms with van der Waals surface area (Å²) in [5.74, 6) is -0.117. The topological polar surface area (TPSA) is 50.2 Å². The second-order valence-electron chi connectivity index (χ2n) is 6.07. The molecule has 1 aliphatic heterocycles. The van der Waals surface area contributed by atoms with E-state index in [1.54, 1.807) is 17.1 Å². The molecular weight excluding hydrogens is 288 g/mol. The highest BCUT2D eigenvalue weighted by molar-refractivity contribution is 6.03. The largest absolute Gasteiger partial charge is 0.322 e. The summed E-state index contributed by atoms with van der Waals surface area (Å²) < 4.78 is 1.75. The van der Waals surface area contributed by atoms with Crippen LogP contribution in [-0.2, 0) is 13.1 Å². The van der Waals surface area contributed by atoms with Gasteiger partial charge in [0.05, 0.1) is 11.8 Å². The van der Waals surface area contributed by atoms with E-state index in [2.05, 4.69) is 27.4 Å². The second-order valence-corrected chi connectivity index (χ2v) is 6.07. The molecule has 0 unspecified atom stereocenters. The predicted octanol–water partition coefficient (Wildman–Crippen LogP) is 3.14. The van der Waals surface area contributed by atoms with Crippen molar-refractivity contribution >= 4 is 11.6 Å². The van der Waals surface area contributed by atoms with Gasteiger partial charge in [-0.2, -0.15) is 5.10 Å². The highest BCUT2D eigenvalue weighted by Gasteiger charge is 2.11. The van der Waals surface area contributed by atoms with Gasteiger partial charge in [0.2, 0.25) is 0 Å². The molecule has 1 amide bonds. The van der Waals surface area contributed by atoms with Crippen molar-refractivity contribution < 1.29 is 4.79 Å². The van der Waals surface area contributed by atoms with Crippen LogP contribution in [0, 0.1) is 0 Å². The molecular formula is C18H24N4O. The fraction of sp³-hybridized carbons (Fsp3) is 0.444.